The summed E-state index contributed by atoms with van der Waals surface area (Å²) in [5.74, 6) is 0.442. The minimum Gasteiger partial charge on any atom is -0.370 e. The average molecular weight is 389 g/mol. The van der Waals surface area contributed by atoms with Gasteiger partial charge in [-0.3, -0.25) is 0 Å². The van der Waals surface area contributed by atoms with E-state index >= 15 is 0 Å². The molecule has 7 heteroatoms. The topological polar surface area (TPSA) is 76.2 Å². The number of nitrogens with one attached hydrogen (secondary N) is 1. The SMILES string of the molecule is I.NC(=NCc1cccnn1)NCCc1cccs1. The van der Waals surface area contributed by atoms with Crippen LogP contribution in [-0.2, 0) is 13.0 Å². The number of halogens is 1. The Hall–Kier alpha value is -1.22. The van der Waals surface area contributed by atoms with E-state index in [4.69, 9.17) is 5.73 Å². The first-order valence-electron chi connectivity index (χ1n) is 5.67. The molecule has 0 aliphatic carbocycles. The summed E-state index contributed by atoms with van der Waals surface area (Å²) in [7, 11) is 0. The Morgan fingerprint density at radius 2 is 2.26 bits per heavy atom. The van der Waals surface area contributed by atoms with Gasteiger partial charge < -0.3 is 11.1 Å². The van der Waals surface area contributed by atoms with Crippen LogP contribution in [0, 0.1) is 0 Å². The van der Waals surface area contributed by atoms with E-state index < -0.39 is 0 Å². The molecule has 19 heavy (non-hydrogen) atoms. The maximum absolute atomic E-state index is 5.76. The summed E-state index contributed by atoms with van der Waals surface area (Å²) < 4.78 is 0. The molecule has 0 radical (unpaired) electrons. The summed E-state index contributed by atoms with van der Waals surface area (Å²) in [5.41, 5.74) is 6.56. The van der Waals surface area contributed by atoms with Gasteiger partial charge in [0.15, 0.2) is 5.96 Å². The lowest BCUT2D eigenvalue weighted by molar-refractivity contribution is 0.843. The fourth-order valence-electron chi connectivity index (χ4n) is 1.41. The van der Waals surface area contributed by atoms with Crippen molar-refractivity contribution in [3.63, 3.8) is 0 Å². The van der Waals surface area contributed by atoms with E-state index in [1.165, 1.54) is 4.88 Å². The van der Waals surface area contributed by atoms with E-state index in [0.29, 0.717) is 12.5 Å². The molecule has 0 unspecified atom stereocenters. The molecule has 0 saturated heterocycles. The monoisotopic (exact) mass is 389 g/mol. The van der Waals surface area contributed by atoms with Crippen LogP contribution in [-0.4, -0.2) is 22.7 Å². The van der Waals surface area contributed by atoms with Gasteiger partial charge >= 0.3 is 0 Å². The molecule has 3 N–H and O–H groups in total. The van der Waals surface area contributed by atoms with Gasteiger partial charge in [-0.15, -0.1) is 35.3 Å². The Kier molecular flexibility index (Phi) is 7.34. The number of hydrogen-bond donors (Lipinski definition) is 2. The molecule has 102 valence electrons. The van der Waals surface area contributed by atoms with Crippen molar-refractivity contribution in [3.8, 4) is 0 Å². The molecular formula is C12H16IN5S. The van der Waals surface area contributed by atoms with Crippen LogP contribution in [0.15, 0.2) is 40.8 Å². The van der Waals surface area contributed by atoms with Crippen LogP contribution in [0.25, 0.3) is 0 Å². The lowest BCUT2D eigenvalue weighted by atomic mass is 10.3. The van der Waals surface area contributed by atoms with Crippen molar-refractivity contribution in [3.05, 3.63) is 46.4 Å². The van der Waals surface area contributed by atoms with Crippen LogP contribution in [0.2, 0.25) is 0 Å². The molecule has 2 aromatic rings. The third-order valence-corrected chi connectivity index (χ3v) is 3.23. The summed E-state index contributed by atoms with van der Waals surface area (Å²) in [5, 5.41) is 12.9. The molecule has 0 spiro atoms. The first-order valence-corrected chi connectivity index (χ1v) is 6.55. The lowest BCUT2D eigenvalue weighted by Gasteiger charge is -2.04. The molecule has 0 bridgehead atoms. The third kappa shape index (κ3) is 5.97. The molecule has 2 rings (SSSR count). The number of guanidine groups is 1. The second kappa shape index (κ2) is 8.81. The van der Waals surface area contributed by atoms with Crippen molar-refractivity contribution in [2.75, 3.05) is 6.54 Å². The van der Waals surface area contributed by atoms with Crippen LogP contribution in [0.1, 0.15) is 10.6 Å². The highest BCUT2D eigenvalue weighted by Crippen LogP contribution is 2.07. The van der Waals surface area contributed by atoms with Gasteiger partial charge in [0.2, 0.25) is 0 Å². The van der Waals surface area contributed by atoms with Gasteiger partial charge in [-0.25, -0.2) is 4.99 Å². The zero-order chi connectivity index (χ0) is 12.6. The van der Waals surface area contributed by atoms with E-state index in [2.05, 4.69) is 32.0 Å². The van der Waals surface area contributed by atoms with E-state index in [-0.39, 0.29) is 24.0 Å². The Bertz CT molecular complexity index is 486. The van der Waals surface area contributed by atoms with Gasteiger partial charge in [0.1, 0.15) is 0 Å². The third-order valence-electron chi connectivity index (χ3n) is 2.30. The van der Waals surface area contributed by atoms with Crippen molar-refractivity contribution in [1.29, 1.82) is 0 Å². The summed E-state index contributed by atoms with van der Waals surface area (Å²) in [6, 6.07) is 7.86. The number of nitrogens with zero attached hydrogens (tertiary/aromatic N) is 3. The first-order chi connectivity index (χ1) is 8.84. The van der Waals surface area contributed by atoms with Crippen LogP contribution in [0.3, 0.4) is 0 Å². The summed E-state index contributed by atoms with van der Waals surface area (Å²) in [6.07, 6.45) is 2.59. The van der Waals surface area contributed by atoms with Crippen LogP contribution < -0.4 is 11.1 Å². The van der Waals surface area contributed by atoms with Crippen LogP contribution in [0.5, 0.6) is 0 Å². The van der Waals surface area contributed by atoms with Crippen molar-refractivity contribution in [2.45, 2.75) is 13.0 Å². The molecule has 0 aliphatic heterocycles. The number of hydrogen-bond acceptors (Lipinski definition) is 4. The van der Waals surface area contributed by atoms with E-state index in [1.54, 1.807) is 17.5 Å². The van der Waals surface area contributed by atoms with Gasteiger partial charge in [0.05, 0.1) is 12.2 Å². The minimum atomic E-state index is 0. The standard InChI is InChI=1S/C12H15N5S.HI/c13-12(14-7-5-11-4-2-8-18-11)15-9-10-3-1-6-16-17-10;/h1-4,6,8H,5,7,9H2,(H3,13,14,15);1H. The fourth-order valence-corrected chi connectivity index (χ4v) is 2.12. The van der Waals surface area contributed by atoms with Crippen molar-refractivity contribution in [1.82, 2.24) is 15.5 Å². The smallest absolute Gasteiger partial charge is 0.188 e. The Morgan fingerprint density at radius 1 is 1.37 bits per heavy atom. The molecule has 0 atom stereocenters. The number of thiophene rings is 1. The molecule has 0 aromatic carbocycles. The molecule has 0 aliphatic rings. The van der Waals surface area contributed by atoms with Crippen molar-refractivity contribution < 1.29 is 0 Å². The molecule has 5 nitrogen and oxygen atoms in total. The summed E-state index contributed by atoms with van der Waals surface area (Å²) in [4.78, 5) is 5.53. The predicted molar refractivity (Wildman–Crippen MR) is 88.8 cm³/mol. The first kappa shape index (κ1) is 15.8. The number of aliphatic imine (C=N–C) groups is 1. The summed E-state index contributed by atoms with van der Waals surface area (Å²) >= 11 is 1.75. The van der Waals surface area contributed by atoms with Gasteiger partial charge in [0.25, 0.3) is 0 Å². The summed E-state index contributed by atoms with van der Waals surface area (Å²) in [6.45, 7) is 1.24. The van der Waals surface area contributed by atoms with E-state index in [1.807, 2.05) is 18.2 Å². The second-order valence-electron chi connectivity index (χ2n) is 3.67. The molecule has 2 aromatic heterocycles. The van der Waals surface area contributed by atoms with E-state index in [0.717, 1.165) is 18.7 Å². The maximum atomic E-state index is 5.76. The van der Waals surface area contributed by atoms with Crippen LogP contribution in [0.4, 0.5) is 0 Å². The predicted octanol–water partition coefficient (Wildman–Crippen LogP) is 1.80. The van der Waals surface area contributed by atoms with Crippen molar-refractivity contribution >= 4 is 41.3 Å². The molecular weight excluding hydrogens is 373 g/mol. The second-order valence-corrected chi connectivity index (χ2v) is 4.70. The maximum Gasteiger partial charge on any atom is 0.188 e. The molecule has 0 amide bonds. The normalized spacial score (nSPS) is 10.8. The van der Waals surface area contributed by atoms with Crippen molar-refractivity contribution in [2.24, 2.45) is 10.7 Å². The van der Waals surface area contributed by atoms with Gasteiger partial charge in [-0.2, -0.15) is 10.2 Å². The number of rotatable bonds is 5. The van der Waals surface area contributed by atoms with Gasteiger partial charge in [0, 0.05) is 17.6 Å². The quantitative estimate of drug-likeness (QED) is 0.465. The zero-order valence-electron chi connectivity index (χ0n) is 10.3. The lowest BCUT2D eigenvalue weighted by Crippen LogP contribution is -2.33. The number of nitrogens with two attached hydrogens (primary N) is 1. The Balaban J connectivity index is 0.00000180. The molecule has 0 saturated carbocycles. The zero-order valence-corrected chi connectivity index (χ0v) is 13.5. The highest BCUT2D eigenvalue weighted by molar-refractivity contribution is 14.0. The fraction of sp³-hybridized carbons (Fsp3) is 0.250. The van der Waals surface area contributed by atoms with E-state index in [9.17, 15) is 0 Å². The Labute approximate surface area is 133 Å². The van der Waals surface area contributed by atoms with Gasteiger partial charge in [-0.05, 0) is 30.0 Å². The average Bonchev–Trinajstić information content (AvgIpc) is 2.91. The highest BCUT2D eigenvalue weighted by atomic mass is 127. The minimum absolute atomic E-state index is 0. The largest absolute Gasteiger partial charge is 0.370 e. The highest BCUT2D eigenvalue weighted by Gasteiger charge is 1.96. The molecule has 2 heterocycles. The van der Waals surface area contributed by atoms with Crippen LogP contribution >= 0.6 is 35.3 Å². The Morgan fingerprint density at radius 3 is 2.95 bits per heavy atom. The van der Waals surface area contributed by atoms with Gasteiger partial charge in [-0.1, -0.05) is 6.07 Å². The number of aromatic nitrogens is 2. The molecule has 0 fully saturated rings.